The van der Waals surface area contributed by atoms with Crippen molar-refractivity contribution in [1.29, 1.82) is 0 Å². The Kier molecular flexibility index (Phi) is 6.48. The summed E-state index contributed by atoms with van der Waals surface area (Å²) < 4.78 is 11.1. The first-order valence-corrected chi connectivity index (χ1v) is 6.28. The lowest BCUT2D eigenvalue weighted by molar-refractivity contribution is 0.201. The molecule has 0 saturated carbocycles. The van der Waals surface area contributed by atoms with Gasteiger partial charge >= 0.3 is 0 Å². The van der Waals surface area contributed by atoms with Crippen molar-refractivity contribution in [3.63, 3.8) is 0 Å². The van der Waals surface area contributed by atoms with Crippen LogP contribution in [0.3, 0.4) is 0 Å². The van der Waals surface area contributed by atoms with Gasteiger partial charge in [0, 0.05) is 0 Å². The highest BCUT2D eigenvalue weighted by Gasteiger charge is 2.07. The van der Waals surface area contributed by atoms with Gasteiger partial charge in [-0.3, -0.25) is 0 Å². The van der Waals surface area contributed by atoms with Gasteiger partial charge in [0.25, 0.3) is 0 Å². The lowest BCUT2D eigenvalue weighted by Gasteiger charge is -2.16. The fraction of sp³-hybridized carbons (Fsp3) is 0.571. The highest BCUT2D eigenvalue weighted by Crippen LogP contribution is 2.27. The Morgan fingerprint density at radius 1 is 1.18 bits per heavy atom. The summed E-state index contributed by atoms with van der Waals surface area (Å²) >= 11 is 0. The molecule has 0 aliphatic heterocycles. The van der Waals surface area contributed by atoms with Gasteiger partial charge in [-0.25, -0.2) is 0 Å². The van der Waals surface area contributed by atoms with E-state index >= 15 is 0 Å². The zero-order valence-corrected chi connectivity index (χ0v) is 11.0. The summed E-state index contributed by atoms with van der Waals surface area (Å²) in [6, 6.07) is 7.76. The first-order valence-electron chi connectivity index (χ1n) is 6.28. The fourth-order valence-corrected chi connectivity index (χ4v) is 1.60. The van der Waals surface area contributed by atoms with Crippen molar-refractivity contribution in [3.8, 4) is 11.5 Å². The van der Waals surface area contributed by atoms with Gasteiger partial charge in [0.05, 0.1) is 13.2 Å². The molecule has 1 N–H and O–H groups in total. The zero-order chi connectivity index (χ0) is 12.5. The van der Waals surface area contributed by atoms with Crippen LogP contribution in [0, 0.1) is 0 Å². The first kappa shape index (κ1) is 13.8. The van der Waals surface area contributed by atoms with Crippen molar-refractivity contribution in [2.45, 2.75) is 32.8 Å². The predicted octanol–water partition coefficient (Wildman–Crippen LogP) is 2.85. The van der Waals surface area contributed by atoms with Crippen LogP contribution in [0.5, 0.6) is 11.5 Å². The number of benzene rings is 1. The lowest BCUT2D eigenvalue weighted by atomic mass is 10.2. The van der Waals surface area contributed by atoms with Gasteiger partial charge in [0.15, 0.2) is 11.5 Å². The summed E-state index contributed by atoms with van der Waals surface area (Å²) in [5.41, 5.74) is 0. The van der Waals surface area contributed by atoms with Gasteiger partial charge in [0.1, 0.15) is 0 Å². The highest BCUT2D eigenvalue weighted by atomic mass is 16.5. The van der Waals surface area contributed by atoms with Gasteiger partial charge in [-0.2, -0.15) is 0 Å². The Bertz CT molecular complexity index is 315. The Morgan fingerprint density at radius 2 is 1.88 bits per heavy atom. The third-order valence-electron chi connectivity index (χ3n) is 2.55. The molecule has 3 nitrogen and oxygen atoms in total. The van der Waals surface area contributed by atoms with E-state index in [0.29, 0.717) is 0 Å². The number of rotatable bonds is 8. The second-order valence-electron chi connectivity index (χ2n) is 4.12. The Hall–Kier alpha value is -1.22. The Labute approximate surface area is 104 Å². The molecule has 17 heavy (non-hydrogen) atoms. The smallest absolute Gasteiger partial charge is 0.161 e. The SMILES string of the molecule is CCCNCCC(C)Oc1ccccc1OC. The van der Waals surface area contributed by atoms with Crippen LogP contribution in [0.4, 0.5) is 0 Å². The van der Waals surface area contributed by atoms with E-state index in [9.17, 15) is 0 Å². The van der Waals surface area contributed by atoms with Crippen molar-refractivity contribution in [3.05, 3.63) is 24.3 Å². The minimum absolute atomic E-state index is 0.190. The van der Waals surface area contributed by atoms with Crippen LogP contribution >= 0.6 is 0 Å². The second kappa shape index (κ2) is 7.96. The molecule has 0 fully saturated rings. The molecule has 1 unspecified atom stereocenters. The summed E-state index contributed by atoms with van der Waals surface area (Å²) in [5, 5.41) is 3.37. The second-order valence-corrected chi connectivity index (χ2v) is 4.12. The summed E-state index contributed by atoms with van der Waals surface area (Å²) in [5.74, 6) is 1.61. The van der Waals surface area contributed by atoms with E-state index in [2.05, 4.69) is 19.2 Å². The molecule has 0 aliphatic carbocycles. The van der Waals surface area contributed by atoms with Crippen LogP contribution in [0.1, 0.15) is 26.7 Å². The van der Waals surface area contributed by atoms with Crippen molar-refractivity contribution in [2.75, 3.05) is 20.2 Å². The monoisotopic (exact) mass is 237 g/mol. The minimum atomic E-state index is 0.190. The number of hydrogen-bond acceptors (Lipinski definition) is 3. The Balaban J connectivity index is 2.36. The molecule has 0 aromatic heterocycles. The van der Waals surface area contributed by atoms with Crippen LogP contribution in [0.25, 0.3) is 0 Å². The molecule has 0 bridgehead atoms. The minimum Gasteiger partial charge on any atom is -0.493 e. The standard InChI is InChI=1S/C14H23NO2/c1-4-10-15-11-9-12(2)17-14-8-6-5-7-13(14)16-3/h5-8,12,15H,4,9-11H2,1-3H3. The number of hydrogen-bond donors (Lipinski definition) is 1. The maximum absolute atomic E-state index is 5.85. The normalized spacial score (nSPS) is 12.2. The van der Waals surface area contributed by atoms with Crippen LogP contribution < -0.4 is 14.8 Å². The molecular weight excluding hydrogens is 214 g/mol. The largest absolute Gasteiger partial charge is 0.493 e. The van der Waals surface area contributed by atoms with Crippen molar-refractivity contribution >= 4 is 0 Å². The average Bonchev–Trinajstić information content (AvgIpc) is 2.35. The van der Waals surface area contributed by atoms with Crippen LogP contribution in [0.15, 0.2) is 24.3 Å². The van der Waals surface area contributed by atoms with Crippen LogP contribution in [-0.2, 0) is 0 Å². The molecule has 0 saturated heterocycles. The molecule has 0 aliphatic rings. The van der Waals surface area contributed by atoms with E-state index < -0.39 is 0 Å². The number of nitrogens with one attached hydrogen (secondary N) is 1. The van der Waals surface area contributed by atoms with E-state index in [0.717, 1.165) is 31.0 Å². The van der Waals surface area contributed by atoms with Gasteiger partial charge in [-0.1, -0.05) is 19.1 Å². The summed E-state index contributed by atoms with van der Waals surface area (Å²) in [7, 11) is 1.66. The van der Waals surface area contributed by atoms with E-state index in [1.807, 2.05) is 24.3 Å². The third kappa shape index (κ3) is 5.09. The topological polar surface area (TPSA) is 30.5 Å². The molecule has 0 radical (unpaired) electrons. The molecule has 1 rings (SSSR count). The maximum Gasteiger partial charge on any atom is 0.161 e. The van der Waals surface area contributed by atoms with E-state index in [1.54, 1.807) is 7.11 Å². The van der Waals surface area contributed by atoms with Crippen molar-refractivity contribution in [2.24, 2.45) is 0 Å². The molecule has 1 atom stereocenters. The lowest BCUT2D eigenvalue weighted by Crippen LogP contribution is -2.22. The number of para-hydroxylation sites is 2. The third-order valence-corrected chi connectivity index (χ3v) is 2.55. The quantitative estimate of drug-likeness (QED) is 0.705. The number of methoxy groups -OCH3 is 1. The van der Waals surface area contributed by atoms with Crippen molar-refractivity contribution in [1.82, 2.24) is 5.32 Å². The summed E-state index contributed by atoms with van der Waals surface area (Å²) in [6.07, 6.45) is 2.36. The summed E-state index contributed by atoms with van der Waals surface area (Å²) in [4.78, 5) is 0. The van der Waals surface area contributed by atoms with Gasteiger partial charge in [-0.15, -0.1) is 0 Å². The van der Waals surface area contributed by atoms with E-state index in [4.69, 9.17) is 9.47 Å². The van der Waals surface area contributed by atoms with E-state index in [1.165, 1.54) is 6.42 Å². The Morgan fingerprint density at radius 3 is 2.53 bits per heavy atom. The maximum atomic E-state index is 5.85. The van der Waals surface area contributed by atoms with Crippen LogP contribution in [-0.4, -0.2) is 26.3 Å². The first-order chi connectivity index (χ1) is 8.27. The van der Waals surface area contributed by atoms with Crippen LogP contribution in [0.2, 0.25) is 0 Å². The molecule has 96 valence electrons. The highest BCUT2D eigenvalue weighted by molar-refractivity contribution is 5.39. The molecule has 3 heteroatoms. The molecule has 1 aromatic carbocycles. The molecule has 0 spiro atoms. The van der Waals surface area contributed by atoms with Gasteiger partial charge < -0.3 is 14.8 Å². The molecule has 0 heterocycles. The number of ether oxygens (including phenoxy) is 2. The molecule has 0 amide bonds. The van der Waals surface area contributed by atoms with Gasteiger partial charge in [0.2, 0.25) is 0 Å². The fourth-order valence-electron chi connectivity index (χ4n) is 1.60. The van der Waals surface area contributed by atoms with E-state index in [-0.39, 0.29) is 6.10 Å². The summed E-state index contributed by atoms with van der Waals surface area (Å²) in [6.45, 7) is 6.31. The average molecular weight is 237 g/mol. The predicted molar refractivity (Wildman–Crippen MR) is 70.9 cm³/mol. The zero-order valence-electron chi connectivity index (χ0n) is 11.0. The van der Waals surface area contributed by atoms with Crippen molar-refractivity contribution < 1.29 is 9.47 Å². The molecule has 1 aromatic rings. The molecular formula is C14H23NO2. The van der Waals surface area contributed by atoms with Gasteiger partial charge in [-0.05, 0) is 45.0 Å².